The van der Waals surface area contributed by atoms with E-state index >= 15 is 0 Å². The number of benzene rings is 1. The second kappa shape index (κ2) is 5.68. The molecule has 0 aliphatic heterocycles. The van der Waals surface area contributed by atoms with E-state index in [2.05, 4.69) is 5.32 Å². The van der Waals surface area contributed by atoms with Crippen molar-refractivity contribution in [1.82, 2.24) is 0 Å². The van der Waals surface area contributed by atoms with Crippen LogP contribution in [0.1, 0.15) is 18.1 Å². The Morgan fingerprint density at radius 3 is 2.24 bits per heavy atom. The number of ether oxygens (including phenoxy) is 1. The number of anilines is 1. The zero-order valence-corrected chi connectivity index (χ0v) is 10.7. The van der Waals surface area contributed by atoms with Crippen molar-refractivity contribution in [3.05, 3.63) is 23.3 Å². The van der Waals surface area contributed by atoms with Crippen LogP contribution >= 0.6 is 11.6 Å². The van der Waals surface area contributed by atoms with E-state index in [1.165, 1.54) is 6.92 Å². The Bertz CT molecular complexity index is 434. The second-order valence-electron chi connectivity index (χ2n) is 3.71. The lowest BCUT2D eigenvalue weighted by Crippen LogP contribution is -2.14. The molecule has 0 unspecified atom stereocenters. The number of hydrogen-bond acceptors (Lipinski definition) is 3. The predicted molar refractivity (Wildman–Crippen MR) is 66.6 cm³/mol. The van der Waals surface area contributed by atoms with E-state index in [4.69, 9.17) is 16.3 Å². The fourth-order valence-corrected chi connectivity index (χ4v) is 1.59. The van der Waals surface area contributed by atoms with E-state index < -0.39 is 0 Å². The van der Waals surface area contributed by atoms with Gasteiger partial charge in [0, 0.05) is 12.6 Å². The second-order valence-corrected chi connectivity index (χ2v) is 3.97. The number of hydrogen-bond donors (Lipinski definition) is 1. The first-order valence-electron chi connectivity index (χ1n) is 5.09. The summed E-state index contributed by atoms with van der Waals surface area (Å²) in [6.45, 7) is 4.99. The van der Waals surface area contributed by atoms with Crippen LogP contribution in [0.25, 0.3) is 0 Å². The van der Waals surface area contributed by atoms with Crippen molar-refractivity contribution in [1.29, 1.82) is 0 Å². The zero-order valence-electron chi connectivity index (χ0n) is 9.96. The zero-order chi connectivity index (χ0) is 13.0. The molecule has 0 saturated carbocycles. The third-order valence-electron chi connectivity index (χ3n) is 2.15. The minimum atomic E-state index is -0.374. The van der Waals surface area contributed by atoms with Gasteiger partial charge in [0.2, 0.25) is 5.91 Å². The third-order valence-corrected chi connectivity index (χ3v) is 2.40. The van der Waals surface area contributed by atoms with Crippen molar-refractivity contribution < 1.29 is 14.3 Å². The fourth-order valence-electron chi connectivity index (χ4n) is 1.52. The molecule has 92 valence electrons. The highest BCUT2D eigenvalue weighted by Crippen LogP contribution is 2.26. The molecule has 1 amide bonds. The van der Waals surface area contributed by atoms with E-state index in [-0.39, 0.29) is 17.8 Å². The summed E-state index contributed by atoms with van der Waals surface area (Å²) in [5, 5.41) is 2.70. The van der Waals surface area contributed by atoms with Gasteiger partial charge >= 0.3 is 5.97 Å². The molecule has 0 heterocycles. The Morgan fingerprint density at radius 2 is 1.82 bits per heavy atom. The number of alkyl halides is 1. The van der Waals surface area contributed by atoms with Crippen LogP contribution in [0, 0.1) is 13.8 Å². The standard InChI is InChI=1S/C12H14ClNO3/c1-7-4-10(17-9(3)15)5-8(2)12(7)14-11(16)6-13/h4-5H,6H2,1-3H3,(H,14,16). The van der Waals surface area contributed by atoms with Crippen LogP contribution in [-0.2, 0) is 9.59 Å². The summed E-state index contributed by atoms with van der Waals surface area (Å²) in [5.74, 6) is -0.263. The monoisotopic (exact) mass is 255 g/mol. The van der Waals surface area contributed by atoms with Gasteiger partial charge in [-0.15, -0.1) is 11.6 Å². The van der Waals surface area contributed by atoms with Crippen LogP contribution in [-0.4, -0.2) is 17.8 Å². The van der Waals surface area contributed by atoms with Gasteiger partial charge in [-0.25, -0.2) is 0 Å². The smallest absolute Gasteiger partial charge is 0.308 e. The topological polar surface area (TPSA) is 55.4 Å². The van der Waals surface area contributed by atoms with E-state index in [0.29, 0.717) is 11.4 Å². The molecule has 0 bridgehead atoms. The van der Waals surface area contributed by atoms with Gasteiger partial charge in [0.25, 0.3) is 0 Å². The Kier molecular flexibility index (Phi) is 4.52. The van der Waals surface area contributed by atoms with Gasteiger partial charge in [-0.1, -0.05) is 0 Å². The van der Waals surface area contributed by atoms with Crippen molar-refractivity contribution in [2.75, 3.05) is 11.2 Å². The Labute approximate surface area is 105 Å². The number of carbonyl (C=O) groups is 2. The SMILES string of the molecule is CC(=O)Oc1cc(C)c(NC(=O)CCl)c(C)c1. The number of nitrogens with one attached hydrogen (secondary N) is 1. The summed E-state index contributed by atoms with van der Waals surface area (Å²) in [6.07, 6.45) is 0. The molecule has 17 heavy (non-hydrogen) atoms. The fraction of sp³-hybridized carbons (Fsp3) is 0.333. The van der Waals surface area contributed by atoms with Crippen LogP contribution < -0.4 is 10.1 Å². The van der Waals surface area contributed by atoms with Crippen LogP contribution in [0.15, 0.2) is 12.1 Å². The minimum Gasteiger partial charge on any atom is -0.427 e. The molecule has 0 spiro atoms. The van der Waals surface area contributed by atoms with Gasteiger partial charge in [0.1, 0.15) is 11.6 Å². The van der Waals surface area contributed by atoms with Gasteiger partial charge in [-0.2, -0.15) is 0 Å². The largest absolute Gasteiger partial charge is 0.427 e. The van der Waals surface area contributed by atoms with Crippen LogP contribution in [0.2, 0.25) is 0 Å². The maximum absolute atomic E-state index is 11.2. The molecule has 0 aliphatic carbocycles. The maximum atomic E-state index is 11.2. The third kappa shape index (κ3) is 3.75. The summed E-state index contributed by atoms with van der Waals surface area (Å²) in [5.41, 5.74) is 2.34. The number of esters is 1. The molecule has 1 rings (SSSR count). The molecule has 0 radical (unpaired) electrons. The van der Waals surface area contributed by atoms with Gasteiger partial charge in [-0.3, -0.25) is 9.59 Å². The van der Waals surface area contributed by atoms with Gasteiger partial charge in [0.05, 0.1) is 0 Å². The quantitative estimate of drug-likeness (QED) is 0.513. The molecule has 0 atom stereocenters. The van der Waals surface area contributed by atoms with Crippen LogP contribution in [0.5, 0.6) is 5.75 Å². The van der Waals surface area contributed by atoms with Crippen molar-refractivity contribution in [2.45, 2.75) is 20.8 Å². The summed E-state index contributed by atoms with van der Waals surface area (Å²) in [4.78, 5) is 22.1. The number of amides is 1. The number of carbonyl (C=O) groups excluding carboxylic acids is 2. The molecular formula is C12H14ClNO3. The molecular weight excluding hydrogens is 242 g/mol. The first-order chi connectivity index (χ1) is 7.93. The Morgan fingerprint density at radius 1 is 1.29 bits per heavy atom. The van der Waals surface area contributed by atoms with Gasteiger partial charge < -0.3 is 10.1 Å². The van der Waals surface area contributed by atoms with Crippen molar-refractivity contribution >= 4 is 29.2 Å². The lowest BCUT2D eigenvalue weighted by atomic mass is 10.1. The van der Waals surface area contributed by atoms with E-state index in [0.717, 1.165) is 11.1 Å². The van der Waals surface area contributed by atoms with Crippen molar-refractivity contribution in [2.24, 2.45) is 0 Å². The molecule has 5 heteroatoms. The molecule has 1 aromatic carbocycles. The summed E-state index contributed by atoms with van der Waals surface area (Å²) < 4.78 is 4.98. The van der Waals surface area contributed by atoms with Crippen LogP contribution in [0.4, 0.5) is 5.69 Å². The first-order valence-corrected chi connectivity index (χ1v) is 5.63. The molecule has 0 aliphatic rings. The predicted octanol–water partition coefficient (Wildman–Crippen LogP) is 2.41. The average Bonchev–Trinajstić information content (AvgIpc) is 2.22. The number of aryl methyl sites for hydroxylation is 2. The van der Waals surface area contributed by atoms with E-state index in [1.807, 2.05) is 13.8 Å². The molecule has 0 saturated heterocycles. The molecule has 1 aromatic rings. The van der Waals surface area contributed by atoms with E-state index in [1.54, 1.807) is 12.1 Å². The van der Waals surface area contributed by atoms with E-state index in [9.17, 15) is 9.59 Å². The normalized spacial score (nSPS) is 9.88. The summed E-state index contributed by atoms with van der Waals surface area (Å²) >= 11 is 5.43. The molecule has 0 fully saturated rings. The Balaban J connectivity index is 3.01. The highest BCUT2D eigenvalue weighted by molar-refractivity contribution is 6.29. The van der Waals surface area contributed by atoms with Crippen molar-refractivity contribution in [3.8, 4) is 5.75 Å². The summed E-state index contributed by atoms with van der Waals surface area (Å²) in [6, 6.07) is 3.39. The first kappa shape index (κ1) is 13.5. The highest BCUT2D eigenvalue weighted by atomic mass is 35.5. The average molecular weight is 256 g/mol. The molecule has 0 aromatic heterocycles. The minimum absolute atomic E-state index is 0.0927. The number of halogens is 1. The van der Waals surface area contributed by atoms with Gasteiger partial charge in [-0.05, 0) is 37.1 Å². The summed E-state index contributed by atoms with van der Waals surface area (Å²) in [7, 11) is 0. The molecule has 1 N–H and O–H groups in total. The van der Waals surface area contributed by atoms with Crippen molar-refractivity contribution in [3.63, 3.8) is 0 Å². The lowest BCUT2D eigenvalue weighted by Gasteiger charge is -2.12. The van der Waals surface area contributed by atoms with Gasteiger partial charge in [0.15, 0.2) is 0 Å². The Hall–Kier alpha value is -1.55. The van der Waals surface area contributed by atoms with Crippen LogP contribution in [0.3, 0.4) is 0 Å². The maximum Gasteiger partial charge on any atom is 0.308 e. The number of rotatable bonds is 3. The molecule has 4 nitrogen and oxygen atoms in total. The highest BCUT2D eigenvalue weighted by Gasteiger charge is 2.09. The lowest BCUT2D eigenvalue weighted by molar-refractivity contribution is -0.131.